The van der Waals surface area contributed by atoms with E-state index in [1.54, 1.807) is 24.4 Å². The zero-order chi connectivity index (χ0) is 19.2. The average molecular weight is 359 g/mol. The third-order valence-corrected chi connectivity index (χ3v) is 3.72. The highest BCUT2D eigenvalue weighted by atomic mass is 16.3. The van der Waals surface area contributed by atoms with Gasteiger partial charge in [-0.1, -0.05) is 13.8 Å². The summed E-state index contributed by atoms with van der Waals surface area (Å²) in [6, 6.07) is 6.79. The second-order valence-electron chi connectivity index (χ2n) is 7.35. The molecule has 0 saturated carbocycles. The van der Waals surface area contributed by atoms with E-state index in [9.17, 15) is 9.59 Å². The number of carbonyl (C=O) groups is 2. The van der Waals surface area contributed by atoms with Crippen LogP contribution >= 0.6 is 0 Å². The number of hydrogen-bond acceptors (Lipinski definition) is 3. The molecule has 0 aromatic carbocycles. The van der Waals surface area contributed by atoms with Gasteiger partial charge in [0.2, 0.25) is 0 Å². The zero-order valence-electron chi connectivity index (χ0n) is 15.7. The molecule has 0 bridgehead atoms. The van der Waals surface area contributed by atoms with Crippen molar-refractivity contribution in [2.24, 2.45) is 5.41 Å². The first-order chi connectivity index (χ1) is 12.3. The van der Waals surface area contributed by atoms with Crippen molar-refractivity contribution in [3.05, 3.63) is 53.9 Å². The third-order valence-electron chi connectivity index (χ3n) is 3.72. The smallest absolute Gasteiger partial charge is 0.291 e. The highest BCUT2D eigenvalue weighted by Gasteiger charge is 2.24. The van der Waals surface area contributed by atoms with E-state index in [-0.39, 0.29) is 22.8 Å². The van der Waals surface area contributed by atoms with Crippen molar-refractivity contribution in [2.45, 2.75) is 13.8 Å². The molecular weight excluding hydrogens is 332 g/mol. The van der Waals surface area contributed by atoms with Gasteiger partial charge in [-0.15, -0.1) is 0 Å². The molecule has 0 saturated heterocycles. The highest BCUT2D eigenvalue weighted by molar-refractivity contribution is 6.04. The normalized spacial score (nSPS) is 12.3. The van der Waals surface area contributed by atoms with Crippen molar-refractivity contribution in [3.63, 3.8) is 0 Å². The van der Waals surface area contributed by atoms with E-state index in [2.05, 4.69) is 43.6 Å². The van der Waals surface area contributed by atoms with Gasteiger partial charge in [0, 0.05) is 23.9 Å². The Bertz CT molecular complexity index is 744. The van der Waals surface area contributed by atoms with Gasteiger partial charge >= 0.3 is 0 Å². The number of furan rings is 1. The van der Waals surface area contributed by atoms with E-state index in [4.69, 9.17) is 4.42 Å². The maximum absolute atomic E-state index is 12.7. The number of aromatic nitrogens is 1. The monoisotopic (exact) mass is 359 g/mol. The van der Waals surface area contributed by atoms with E-state index in [0.29, 0.717) is 12.2 Å². The van der Waals surface area contributed by atoms with Crippen LogP contribution in [0.3, 0.4) is 0 Å². The molecule has 7 heteroatoms. The lowest BCUT2D eigenvalue weighted by Gasteiger charge is -2.26. The van der Waals surface area contributed by atoms with Crippen LogP contribution in [0.1, 0.15) is 30.1 Å². The number of aromatic amines is 1. The summed E-state index contributed by atoms with van der Waals surface area (Å²) in [7, 11) is 4.15. The third kappa shape index (κ3) is 5.93. The molecule has 0 aliphatic rings. The summed E-state index contributed by atoms with van der Waals surface area (Å²) >= 11 is 0. The maximum atomic E-state index is 12.7. The van der Waals surface area contributed by atoms with Crippen LogP contribution in [0, 0.1) is 5.41 Å². The van der Waals surface area contributed by atoms with Gasteiger partial charge < -0.3 is 24.9 Å². The van der Waals surface area contributed by atoms with Gasteiger partial charge in [0.15, 0.2) is 5.76 Å². The van der Waals surface area contributed by atoms with Crippen molar-refractivity contribution in [1.82, 2.24) is 15.6 Å². The number of hydrogen-bond donors (Lipinski definition) is 4. The summed E-state index contributed by atoms with van der Waals surface area (Å²) < 4.78 is 5.09. The Kier molecular flexibility index (Phi) is 6.41. The molecule has 0 radical (unpaired) electrons. The van der Waals surface area contributed by atoms with E-state index >= 15 is 0 Å². The van der Waals surface area contributed by atoms with Gasteiger partial charge in [-0.3, -0.25) is 9.59 Å². The fourth-order valence-electron chi connectivity index (χ4n) is 2.77. The number of rotatable bonds is 8. The van der Waals surface area contributed by atoms with Crippen molar-refractivity contribution >= 4 is 17.9 Å². The average Bonchev–Trinajstić information content (AvgIpc) is 3.24. The molecule has 0 aliphatic carbocycles. The van der Waals surface area contributed by atoms with Crippen LogP contribution in [0.25, 0.3) is 6.08 Å². The minimum absolute atomic E-state index is 0.0724. The summed E-state index contributed by atoms with van der Waals surface area (Å²) in [6.07, 6.45) is 4.76. The molecule has 0 spiro atoms. The van der Waals surface area contributed by atoms with E-state index in [0.717, 1.165) is 6.54 Å². The molecule has 2 amide bonds. The lowest BCUT2D eigenvalue weighted by molar-refractivity contribution is -0.865. The summed E-state index contributed by atoms with van der Waals surface area (Å²) in [4.78, 5) is 29.2. The number of H-pyrrole nitrogens is 1. The summed E-state index contributed by atoms with van der Waals surface area (Å²) in [5, 5.41) is 5.54. The Labute approximate surface area is 153 Å². The first-order valence-electron chi connectivity index (χ1n) is 8.54. The largest absolute Gasteiger partial charge is 0.459 e. The van der Waals surface area contributed by atoms with Gasteiger partial charge in [-0.05, 0) is 30.3 Å². The lowest BCUT2D eigenvalue weighted by Crippen LogP contribution is -3.07. The van der Waals surface area contributed by atoms with Gasteiger partial charge in [-0.25, -0.2) is 0 Å². The van der Waals surface area contributed by atoms with Gasteiger partial charge in [0.1, 0.15) is 5.70 Å². The number of nitrogens with one attached hydrogen (secondary N) is 4. The number of amides is 2. The molecule has 140 valence electrons. The van der Waals surface area contributed by atoms with Crippen LogP contribution < -0.4 is 15.5 Å². The predicted octanol–water partition coefficient (Wildman–Crippen LogP) is 0.666. The fraction of sp³-hybridized carbons (Fsp3) is 0.368. The highest BCUT2D eigenvalue weighted by Crippen LogP contribution is 2.11. The van der Waals surface area contributed by atoms with Gasteiger partial charge in [0.05, 0.1) is 26.9 Å². The van der Waals surface area contributed by atoms with Crippen LogP contribution in [0.4, 0.5) is 0 Å². The molecule has 7 nitrogen and oxygen atoms in total. The molecule has 4 N–H and O–H groups in total. The molecule has 2 aromatic rings. The SMILES string of the molecule is C[NH+](C)CC(C)(C)CNC(=O)/C(=C/c1ccc[nH]1)NC(=O)c1ccco1. The van der Waals surface area contributed by atoms with Crippen LogP contribution in [-0.4, -0.2) is 44.0 Å². The van der Waals surface area contributed by atoms with Crippen LogP contribution in [-0.2, 0) is 4.79 Å². The van der Waals surface area contributed by atoms with Crippen molar-refractivity contribution < 1.29 is 18.9 Å². The zero-order valence-corrected chi connectivity index (χ0v) is 15.7. The van der Waals surface area contributed by atoms with Gasteiger partial charge in [-0.2, -0.15) is 0 Å². The topological polar surface area (TPSA) is 91.6 Å². The van der Waals surface area contributed by atoms with E-state index < -0.39 is 5.91 Å². The molecular formula is C19H27N4O3+. The number of carbonyl (C=O) groups excluding carboxylic acids is 2. The fourth-order valence-corrected chi connectivity index (χ4v) is 2.77. The Morgan fingerprint density at radius 2 is 2.04 bits per heavy atom. The Morgan fingerprint density at radius 1 is 1.27 bits per heavy atom. The Balaban J connectivity index is 2.10. The first-order valence-corrected chi connectivity index (χ1v) is 8.54. The van der Waals surface area contributed by atoms with Crippen LogP contribution in [0.5, 0.6) is 0 Å². The molecule has 2 heterocycles. The van der Waals surface area contributed by atoms with Crippen molar-refractivity contribution in [2.75, 3.05) is 27.2 Å². The number of quaternary nitrogens is 1. The van der Waals surface area contributed by atoms with Crippen molar-refractivity contribution in [3.8, 4) is 0 Å². The van der Waals surface area contributed by atoms with Crippen LogP contribution in [0.2, 0.25) is 0 Å². The van der Waals surface area contributed by atoms with E-state index in [1.807, 2.05) is 12.1 Å². The summed E-state index contributed by atoms with van der Waals surface area (Å²) in [5.74, 6) is -0.673. The van der Waals surface area contributed by atoms with Crippen LogP contribution in [0.15, 0.2) is 46.8 Å². The minimum Gasteiger partial charge on any atom is -0.459 e. The predicted molar refractivity (Wildman–Crippen MR) is 99.4 cm³/mol. The Hall–Kier alpha value is -2.80. The molecule has 0 fully saturated rings. The van der Waals surface area contributed by atoms with Gasteiger partial charge in [0.25, 0.3) is 11.8 Å². The minimum atomic E-state index is -0.472. The lowest BCUT2D eigenvalue weighted by atomic mass is 9.93. The molecule has 2 aromatic heterocycles. The summed E-state index contributed by atoms with van der Waals surface area (Å²) in [6.45, 7) is 5.59. The molecule has 0 aliphatic heterocycles. The second kappa shape index (κ2) is 8.53. The molecule has 0 atom stereocenters. The first kappa shape index (κ1) is 19.5. The maximum Gasteiger partial charge on any atom is 0.291 e. The second-order valence-corrected chi connectivity index (χ2v) is 7.35. The molecule has 2 rings (SSSR count). The van der Waals surface area contributed by atoms with E-state index in [1.165, 1.54) is 11.2 Å². The molecule has 0 unspecified atom stereocenters. The Morgan fingerprint density at radius 3 is 2.62 bits per heavy atom. The van der Waals surface area contributed by atoms with Crippen molar-refractivity contribution in [1.29, 1.82) is 0 Å². The molecule has 26 heavy (non-hydrogen) atoms. The summed E-state index contributed by atoms with van der Waals surface area (Å²) in [5.41, 5.74) is 0.797. The quantitative estimate of drug-likeness (QED) is 0.522. The standard InChI is InChI=1S/C19H26N4O3/c1-19(2,13-23(3)4)12-21-17(24)15(11-14-7-5-9-20-14)22-18(25)16-8-6-10-26-16/h5-11,20H,12-13H2,1-4H3,(H,21,24)(H,22,25)/p+1/b15-11-.